The van der Waals surface area contributed by atoms with Crippen LogP contribution in [0.1, 0.15) is 158 Å². The molecule has 3 fully saturated rings. The van der Waals surface area contributed by atoms with Gasteiger partial charge in [-0.15, -0.1) is 56.7 Å². The molecule has 16 aromatic heterocycles. The molecule has 5 amide bonds. The zero-order chi connectivity index (χ0) is 98.6. The van der Waals surface area contributed by atoms with Crippen LogP contribution in [0.5, 0.6) is 0 Å². The second-order valence-corrected chi connectivity index (χ2v) is 40.6. The van der Waals surface area contributed by atoms with E-state index in [0.717, 1.165) is 62.0 Å². The number of anilines is 10. The van der Waals surface area contributed by atoms with E-state index in [4.69, 9.17) is 38.3 Å². The van der Waals surface area contributed by atoms with Gasteiger partial charge in [-0.2, -0.15) is 28.8 Å². The first kappa shape index (κ1) is 107. The number of aromatic nitrogens is 19. The van der Waals surface area contributed by atoms with Gasteiger partial charge < -0.3 is 63.6 Å². The molecule has 0 radical (unpaired) electrons. The molecule has 140 heavy (non-hydrogen) atoms. The monoisotopic (exact) mass is 2090 g/mol. The van der Waals surface area contributed by atoms with Gasteiger partial charge in [-0.1, -0.05) is 33.9 Å². The number of fused-ring (bicyclic) bond motifs is 3. The maximum absolute atomic E-state index is 13.3. The second-order valence-electron chi connectivity index (χ2n) is 32.8. The van der Waals surface area contributed by atoms with Crippen molar-refractivity contribution in [2.45, 2.75) is 166 Å². The van der Waals surface area contributed by atoms with Crippen molar-refractivity contribution >= 4 is 189 Å². The third-order valence-corrected chi connectivity index (χ3v) is 24.4. The summed E-state index contributed by atoms with van der Waals surface area (Å²) >= 11 is 16.7. The molecule has 13 N–H and O–H groups in total. The quantitative estimate of drug-likeness (QED) is 0.0379. The summed E-state index contributed by atoms with van der Waals surface area (Å²) in [5.41, 5.74) is 16.8. The summed E-state index contributed by atoms with van der Waals surface area (Å²) in [6.45, 7) is 20.4. The highest BCUT2D eigenvalue weighted by Crippen LogP contribution is 2.31. The number of rotatable bonds is 17. The van der Waals surface area contributed by atoms with Crippen LogP contribution in [-0.2, 0) is 9.47 Å². The molecule has 16 aromatic rings. The molecule has 16 heterocycles. The molecule has 0 aliphatic heterocycles. The molecular formula is C91H108BrClN30O12S5. The van der Waals surface area contributed by atoms with Gasteiger partial charge in [0, 0.05) is 144 Å². The normalized spacial score (nSPS) is 12.2. The van der Waals surface area contributed by atoms with Crippen LogP contribution in [0.2, 0.25) is 5.15 Å². The van der Waals surface area contributed by atoms with E-state index in [0.29, 0.717) is 66.3 Å². The van der Waals surface area contributed by atoms with Gasteiger partial charge in [0.25, 0.3) is 45.5 Å². The van der Waals surface area contributed by atoms with Crippen molar-refractivity contribution < 1.29 is 33.4 Å². The summed E-state index contributed by atoms with van der Waals surface area (Å²) in [4.78, 5) is 167. The van der Waals surface area contributed by atoms with E-state index in [2.05, 4.69) is 108 Å². The maximum atomic E-state index is 13.3. The number of carbonyl (C=O) groups excluding carboxylic acids is 5. The molecule has 3 aliphatic rings. The Morgan fingerprint density at radius 1 is 0.457 bits per heavy atom. The molecule has 0 aromatic carbocycles. The Labute approximate surface area is 836 Å². The zero-order valence-corrected chi connectivity index (χ0v) is 82.8. The van der Waals surface area contributed by atoms with E-state index in [1.165, 1.54) is 112 Å². The van der Waals surface area contributed by atoms with Crippen LogP contribution in [0.3, 0.4) is 0 Å². The fraction of sp³-hybridized carbons (Fsp3) is 0.308. The molecule has 49 heteroatoms. The third kappa shape index (κ3) is 27.8. The molecule has 3 aliphatic carbocycles. The number of hydrogen-bond donors (Lipinski definition) is 10. The van der Waals surface area contributed by atoms with Gasteiger partial charge in [0.1, 0.15) is 73.5 Å². The number of H-pyrrole nitrogens is 1. The highest BCUT2D eigenvalue weighted by atomic mass is 79.9. The first-order valence-electron chi connectivity index (χ1n) is 42.1. The topological polar surface area (TPSA) is 536 Å². The Morgan fingerprint density at radius 3 is 1.11 bits per heavy atom. The lowest BCUT2D eigenvalue weighted by Crippen LogP contribution is -2.35. The van der Waals surface area contributed by atoms with Crippen LogP contribution in [0.25, 0.3) is 37.5 Å². The van der Waals surface area contributed by atoms with E-state index >= 15 is 0 Å². The van der Waals surface area contributed by atoms with Crippen molar-refractivity contribution in [3.63, 3.8) is 0 Å². The number of nitrogens with two attached hydrogens (primary N) is 3. The van der Waals surface area contributed by atoms with Gasteiger partial charge in [0.05, 0.1) is 35.7 Å². The van der Waals surface area contributed by atoms with Gasteiger partial charge in [-0.25, -0.2) is 49.5 Å². The zero-order valence-electron chi connectivity index (χ0n) is 76.4. The third-order valence-electron chi connectivity index (χ3n) is 19.2. The number of hydrogen-bond acceptors (Lipinski definition) is 34. The molecule has 0 unspecified atom stereocenters. The van der Waals surface area contributed by atoms with Crippen LogP contribution >= 0.6 is 84.2 Å². The molecule has 3 saturated carbocycles. The van der Waals surface area contributed by atoms with Crippen LogP contribution in [0, 0.1) is 34.6 Å². The van der Waals surface area contributed by atoms with Crippen molar-refractivity contribution in [2.75, 3.05) is 64.1 Å². The lowest BCUT2D eigenvalue weighted by atomic mass is 10.2. The number of aromatic amines is 1. The predicted octanol–water partition coefficient (Wildman–Crippen LogP) is 15.1. The molecular weight excluding hydrogens is 1980 g/mol. The summed E-state index contributed by atoms with van der Waals surface area (Å²) in [6.07, 6.45) is 25.9. The molecule has 0 atom stereocenters. The second kappa shape index (κ2) is 46.6. The molecule has 42 nitrogen and oxygen atoms in total. The largest absolute Gasteiger partial charge is 0.443 e. The Hall–Kier alpha value is -14.7. The van der Waals surface area contributed by atoms with Gasteiger partial charge in [0.2, 0.25) is 0 Å². The van der Waals surface area contributed by atoms with Crippen molar-refractivity contribution in [2.24, 2.45) is 0 Å². The van der Waals surface area contributed by atoms with Crippen LogP contribution in [0.15, 0.2) is 187 Å². The summed E-state index contributed by atoms with van der Waals surface area (Å²) in [5.74, 6) is 1.18. The number of aryl methyl sites for hydroxylation is 5. The summed E-state index contributed by atoms with van der Waals surface area (Å²) in [7, 11) is 4.84. The molecule has 0 spiro atoms. The number of pyridine rings is 5. The number of thiazole rings is 5. The Kier molecular flexibility index (Phi) is 35.7. The van der Waals surface area contributed by atoms with Gasteiger partial charge in [0.15, 0.2) is 41.4 Å². The number of amides is 5. The highest BCUT2D eigenvalue weighted by molar-refractivity contribution is 9.11. The summed E-state index contributed by atoms with van der Waals surface area (Å²) < 4.78 is 22.1. The van der Waals surface area contributed by atoms with E-state index < -0.39 is 23.4 Å². The standard InChI is InChI=1S/C25H28N8O4S.C20H20N8O2S.C16H20ClN5O3.2C9H9N3OS.C5H6N2O.C4H4BrNS.3CH4/c1-14-12-26-23(38-14)32-10-6-7-17(22(32)35)29-18-11-19(31(5)24(36)37-25(2,3)4)33-20(30-18)16(13-27-33)21(34)28-15-8-9-15;1-11-9-22-20(31-11)27-7-3-4-14(19(27)30)25-15-8-16(21-2)28-17(26-15)13(10-23-28)18(29)24-12-5-6-12;1-16(2,3)25-15(24)21(4)12-7-11(17)20-13-10(8-18-22(12)13)14(23)19-9-5-6-9;2*1-6-5-11-9(14-6)12-4-2-3-7(10)8(12)13;6-4-2-1-3-7-5(4)8;1-3-2-6-4(5)7-3;;;/h6-7,10-13,15H,8-9H2,1-5H3,(H,28,34)(H,29,30);3-4,7-10,12,21H,5-6H2,1-2H3,(H,24,29)(H,25,26);7-9H,5-6H2,1-4H3,(H,19,23);2*2-5H,10H2,1H3;1-3H,6H2,(H,7,8);2H,1H3;3*1H4. The predicted molar refractivity (Wildman–Crippen MR) is 556 cm³/mol. The van der Waals surface area contributed by atoms with E-state index in [1.807, 2.05) is 40.8 Å². The van der Waals surface area contributed by atoms with Gasteiger partial charge in [-0.3, -0.25) is 66.4 Å². The Balaban J connectivity index is 0.000000179. The number of halogens is 2. The molecule has 0 bridgehead atoms. The first-order chi connectivity index (χ1) is 65.1. The molecule has 0 saturated heterocycles. The number of carbonyl (C=O) groups is 5. The lowest BCUT2D eigenvalue weighted by molar-refractivity contribution is 0.0577. The first-order valence-corrected chi connectivity index (χ1v) is 47.4. The Morgan fingerprint density at radius 2 is 0.793 bits per heavy atom. The fourth-order valence-electron chi connectivity index (χ4n) is 12.1. The van der Waals surface area contributed by atoms with Crippen molar-refractivity contribution in [3.05, 3.63) is 261 Å². The lowest BCUT2D eigenvalue weighted by Gasteiger charge is -2.25. The fourth-order valence-corrected chi connectivity index (χ4v) is 16.6. The van der Waals surface area contributed by atoms with Crippen molar-refractivity contribution in [1.82, 2.24) is 108 Å². The van der Waals surface area contributed by atoms with Gasteiger partial charge >= 0.3 is 12.2 Å². The SMILES string of the molecule is C.C.C.CN(C(=O)OC(C)(C)C)c1cc(Cl)nc2c(C(=O)NC3CC3)cnn12.CNc1cc(Nc2cccn(-c3ncc(C)s3)c2=O)nc2c(C(=O)NC3CC3)cnn12.Cc1cnc(-n2cccc(N)c2=O)s1.Cc1cnc(-n2cccc(N)c2=O)s1.Cc1cnc(-n2cccc(Nc3cc(N(C)C(=O)OC(C)(C)C)n4ncc(C(=O)NC5CC5)c4n3)c2=O)s1.Cc1cnc(Br)s1.Nc1ccc[nH]c1=O. The molecule has 738 valence electrons. The van der Waals surface area contributed by atoms with Crippen LogP contribution in [0.4, 0.5) is 67.1 Å². The van der Waals surface area contributed by atoms with E-state index in [-0.39, 0.29) is 137 Å². The maximum Gasteiger partial charge on any atom is 0.415 e. The average Bonchev–Trinajstić information content (AvgIpc) is 1.64. The molecule has 19 rings (SSSR count). The highest BCUT2D eigenvalue weighted by Gasteiger charge is 2.32. The van der Waals surface area contributed by atoms with Crippen molar-refractivity contribution in [1.29, 1.82) is 0 Å². The average molecular weight is 2090 g/mol. The van der Waals surface area contributed by atoms with E-state index in [9.17, 15) is 47.9 Å². The minimum atomic E-state index is -0.721. The summed E-state index contributed by atoms with van der Waals surface area (Å²) in [6, 6.07) is 22.0. The number of nitrogens with zero attached hydrogens (tertiary/aromatic N) is 20. The van der Waals surface area contributed by atoms with Crippen LogP contribution < -0.4 is 86.7 Å². The Bertz CT molecular complexity index is 7330. The number of ether oxygens (including phenoxy) is 2. The minimum Gasteiger partial charge on any atom is -0.443 e. The smallest absolute Gasteiger partial charge is 0.415 e. The number of nitrogens with one attached hydrogen (secondary N) is 7. The number of nitrogen functional groups attached to an aromatic ring is 3. The van der Waals surface area contributed by atoms with E-state index in [1.54, 1.807) is 207 Å². The van der Waals surface area contributed by atoms with Gasteiger partial charge in [-0.05, 0) is 191 Å². The minimum absolute atomic E-state index is 0. The summed E-state index contributed by atoms with van der Waals surface area (Å²) in [5, 5.41) is 33.4. The van der Waals surface area contributed by atoms with Crippen LogP contribution in [-0.4, -0.2) is 172 Å². The van der Waals surface area contributed by atoms with Crippen molar-refractivity contribution in [3.8, 4) is 20.5 Å².